The molecule has 13 heteroatoms. The predicted octanol–water partition coefficient (Wildman–Crippen LogP) is 6.07. The van der Waals surface area contributed by atoms with Crippen molar-refractivity contribution in [2.45, 2.75) is 64.7 Å². The molecule has 1 unspecified atom stereocenters. The van der Waals surface area contributed by atoms with Crippen LogP contribution in [0.25, 0.3) is 16.8 Å². The normalized spacial score (nSPS) is 16.1. The van der Waals surface area contributed by atoms with Crippen molar-refractivity contribution in [3.8, 4) is 17.1 Å². The van der Waals surface area contributed by atoms with Crippen molar-refractivity contribution in [2.24, 2.45) is 5.16 Å². The van der Waals surface area contributed by atoms with E-state index >= 15 is 0 Å². The number of carbonyl (C=O) groups is 1. The van der Waals surface area contributed by atoms with E-state index < -0.39 is 11.7 Å². The number of nitrogens with zero attached hydrogens (tertiary/aromatic N) is 7. The van der Waals surface area contributed by atoms with Gasteiger partial charge in [-0.2, -0.15) is 14.0 Å². The topological polar surface area (TPSA) is 142 Å². The largest absolute Gasteiger partial charge is 0.463 e. The minimum absolute atomic E-state index is 0.0417. The number of oxime groups is 1. The van der Waals surface area contributed by atoms with Gasteiger partial charge in [-0.25, -0.2) is 19.9 Å². The van der Waals surface area contributed by atoms with Crippen LogP contribution in [0.4, 0.5) is 15.6 Å². The molecule has 1 aliphatic heterocycles. The Morgan fingerprint density at radius 3 is 2.92 bits per heavy atom. The molecule has 200 valence electrons. The maximum atomic E-state index is 13.7. The molecule has 5 rings (SSSR count). The zero-order valence-electron chi connectivity index (χ0n) is 22.2. The Bertz CT molecular complexity index is 1580. The summed E-state index contributed by atoms with van der Waals surface area (Å²) >= 11 is 1.19. The van der Waals surface area contributed by atoms with Crippen LogP contribution in [-0.2, 0) is 4.74 Å². The third-order valence-corrected chi connectivity index (χ3v) is 7.37. The minimum Gasteiger partial charge on any atom is -0.463 e. The number of furan rings is 1. The molecule has 0 aromatic carbocycles. The molecule has 1 atom stereocenters. The van der Waals surface area contributed by atoms with Gasteiger partial charge in [0.15, 0.2) is 5.65 Å². The number of carbonyl (C=O) groups excluding carboxylic acids is 1. The summed E-state index contributed by atoms with van der Waals surface area (Å²) in [5, 5.41) is 26.7. The third kappa shape index (κ3) is 5.51. The van der Waals surface area contributed by atoms with E-state index in [-0.39, 0.29) is 12.6 Å². The fraction of sp³-hybridized carbons (Fsp3) is 0.385. The maximum Gasteiger partial charge on any atom is 0.421 e. The highest BCUT2D eigenvalue weighted by molar-refractivity contribution is 7.10. The molecule has 0 bridgehead atoms. The van der Waals surface area contributed by atoms with Crippen LogP contribution in [0, 0.1) is 18.2 Å². The average molecular weight is 545 g/mol. The van der Waals surface area contributed by atoms with Crippen LogP contribution in [-0.4, -0.2) is 48.8 Å². The molecule has 4 aromatic rings. The highest BCUT2D eigenvalue weighted by Gasteiger charge is 2.33. The number of rotatable bonds is 5. The van der Waals surface area contributed by atoms with Crippen LogP contribution in [0.3, 0.4) is 0 Å². The van der Waals surface area contributed by atoms with E-state index in [1.807, 2.05) is 39.8 Å². The molecular weight excluding hydrogens is 517 g/mol. The number of hydrogen-bond acceptors (Lipinski definition) is 10. The fourth-order valence-electron chi connectivity index (χ4n) is 4.79. The van der Waals surface area contributed by atoms with Crippen LogP contribution < -0.4 is 4.90 Å². The summed E-state index contributed by atoms with van der Waals surface area (Å²) in [4.78, 5) is 20.2. The van der Waals surface area contributed by atoms with Gasteiger partial charge in [0.2, 0.25) is 0 Å². The molecular formula is C26H28BN7O4S. The number of aromatic nitrogens is 4. The molecule has 0 aliphatic carbocycles. The van der Waals surface area contributed by atoms with Crippen molar-refractivity contribution in [1.82, 2.24) is 19.0 Å². The lowest BCUT2D eigenvalue weighted by molar-refractivity contribution is 0.0598. The Labute approximate surface area is 229 Å². The quantitative estimate of drug-likeness (QED) is 0.138. The first-order chi connectivity index (χ1) is 18.7. The zero-order chi connectivity index (χ0) is 27.7. The number of anilines is 2. The Hall–Kier alpha value is -4.18. The molecule has 5 heterocycles. The lowest BCUT2D eigenvalue weighted by atomic mass is 9.41. The van der Waals surface area contributed by atoms with Crippen molar-refractivity contribution >= 4 is 47.0 Å². The minimum atomic E-state index is -0.732. The van der Waals surface area contributed by atoms with Gasteiger partial charge in [-0.1, -0.05) is 24.2 Å². The van der Waals surface area contributed by atoms with Crippen LogP contribution in [0.2, 0.25) is 12.6 Å². The van der Waals surface area contributed by atoms with Crippen LogP contribution in [0.1, 0.15) is 56.7 Å². The van der Waals surface area contributed by atoms with E-state index in [0.717, 1.165) is 30.5 Å². The summed E-state index contributed by atoms with van der Waals surface area (Å²) in [6.07, 6.45) is 7.19. The number of ether oxygens (including phenoxy) is 1. The van der Waals surface area contributed by atoms with Gasteiger partial charge in [-0.05, 0) is 63.7 Å². The molecule has 1 fully saturated rings. The standard InChI is InChI=1S/C26H28BN7O4S/c1-16-8-23(39-32-16)33(25(35)38-26(2,3)4)22-10-21(17-6-5-7-27(11-17)15-28)31-24-20(13-29-34(22)24)18-9-19(12-30-36)37-14-18/h8-10,12-14,17,36H,5-7,11H2,1-4H3/b30-12-. The lowest BCUT2D eigenvalue weighted by Gasteiger charge is -2.28. The fourth-order valence-corrected chi connectivity index (χ4v) is 5.55. The first-order valence-electron chi connectivity index (χ1n) is 12.7. The second-order valence-electron chi connectivity index (χ2n) is 10.6. The molecule has 1 amide bonds. The number of aryl methyl sites for hydroxylation is 1. The summed E-state index contributed by atoms with van der Waals surface area (Å²) < 4.78 is 17.3. The summed E-state index contributed by atoms with van der Waals surface area (Å²) in [7, 11) is 0. The maximum absolute atomic E-state index is 13.7. The SMILES string of the molecule is Cc1cc(N(C(=O)OC(C)(C)C)c2cc(C3CCCB(C#N)C3)nc3c(-c4coc(/C=N\O)c4)cnn23)sn1. The van der Waals surface area contributed by atoms with Crippen LogP contribution >= 0.6 is 11.5 Å². The molecule has 0 radical (unpaired) electrons. The first-order valence-corrected chi connectivity index (χ1v) is 13.4. The summed E-state index contributed by atoms with van der Waals surface area (Å²) in [5.74, 6) is 3.28. The van der Waals surface area contributed by atoms with Gasteiger partial charge in [0.25, 0.3) is 6.71 Å². The number of fused-ring (bicyclic) bond motifs is 1. The van der Waals surface area contributed by atoms with Gasteiger partial charge in [0.1, 0.15) is 28.4 Å². The Balaban J connectivity index is 1.72. The highest BCUT2D eigenvalue weighted by atomic mass is 32.1. The van der Waals surface area contributed by atoms with Gasteiger partial charge in [0, 0.05) is 28.9 Å². The van der Waals surface area contributed by atoms with Crippen molar-refractivity contribution in [1.29, 1.82) is 5.26 Å². The molecule has 39 heavy (non-hydrogen) atoms. The van der Waals surface area contributed by atoms with Crippen molar-refractivity contribution in [2.75, 3.05) is 4.90 Å². The average Bonchev–Trinajstić information content (AvgIpc) is 3.63. The summed E-state index contributed by atoms with van der Waals surface area (Å²) in [5.41, 5.74) is 2.70. The van der Waals surface area contributed by atoms with Gasteiger partial charge in [0.05, 0.1) is 18.2 Å². The lowest BCUT2D eigenvalue weighted by Crippen LogP contribution is -2.34. The number of amides is 1. The van der Waals surface area contributed by atoms with E-state index in [1.54, 1.807) is 16.8 Å². The second-order valence-corrected chi connectivity index (χ2v) is 11.4. The Morgan fingerprint density at radius 1 is 1.41 bits per heavy atom. The van der Waals surface area contributed by atoms with E-state index in [0.29, 0.717) is 39.7 Å². The van der Waals surface area contributed by atoms with E-state index in [1.165, 1.54) is 28.9 Å². The molecule has 1 aliphatic rings. The molecule has 1 saturated heterocycles. The highest BCUT2D eigenvalue weighted by Crippen LogP contribution is 2.39. The molecule has 0 spiro atoms. The van der Waals surface area contributed by atoms with Gasteiger partial charge in [-0.3, -0.25) is 0 Å². The van der Waals surface area contributed by atoms with Gasteiger partial charge in [-0.15, -0.1) is 0 Å². The molecule has 11 nitrogen and oxygen atoms in total. The summed E-state index contributed by atoms with van der Waals surface area (Å²) in [6.45, 7) is 7.27. The van der Waals surface area contributed by atoms with Crippen molar-refractivity contribution in [3.63, 3.8) is 0 Å². The van der Waals surface area contributed by atoms with Crippen LogP contribution in [0.5, 0.6) is 0 Å². The second kappa shape index (κ2) is 10.5. The monoisotopic (exact) mass is 545 g/mol. The van der Waals surface area contributed by atoms with Crippen molar-refractivity contribution in [3.05, 3.63) is 47.8 Å². The molecule has 0 saturated carbocycles. The van der Waals surface area contributed by atoms with Gasteiger partial charge >= 0.3 is 6.09 Å². The smallest absolute Gasteiger partial charge is 0.421 e. The predicted molar refractivity (Wildman–Crippen MR) is 148 cm³/mol. The molecule has 1 N–H and O–H groups in total. The Kier molecular flexibility index (Phi) is 7.14. The van der Waals surface area contributed by atoms with Crippen molar-refractivity contribution < 1.29 is 19.2 Å². The van der Waals surface area contributed by atoms with E-state index in [9.17, 15) is 10.1 Å². The van der Waals surface area contributed by atoms with Crippen LogP contribution in [0.15, 0.2) is 40.2 Å². The molecule has 4 aromatic heterocycles. The van der Waals surface area contributed by atoms with E-state index in [2.05, 4.69) is 20.6 Å². The third-order valence-electron chi connectivity index (χ3n) is 6.50. The number of nitriles is 1. The van der Waals surface area contributed by atoms with Gasteiger partial charge < -0.3 is 14.4 Å². The zero-order valence-corrected chi connectivity index (χ0v) is 23.0. The first kappa shape index (κ1) is 26.4. The number of hydrogen-bond donors (Lipinski definition) is 1. The Morgan fingerprint density at radius 2 is 2.23 bits per heavy atom. The van der Waals surface area contributed by atoms with E-state index in [4.69, 9.17) is 19.3 Å². The summed E-state index contributed by atoms with van der Waals surface area (Å²) in [6, 6.07) is 5.41.